The molecule has 0 bridgehead atoms. The molecule has 3 aromatic carbocycles. The van der Waals surface area contributed by atoms with E-state index in [0.717, 1.165) is 26.5 Å². The number of hydrazone groups is 1. The number of esters is 1. The Kier molecular flexibility index (Phi) is 9.83. The summed E-state index contributed by atoms with van der Waals surface area (Å²) in [6.45, 7) is 3.89. The maximum absolute atomic E-state index is 12.6. The third kappa shape index (κ3) is 7.35. The molecule has 232 valence electrons. The molecule has 0 saturated carbocycles. The van der Waals surface area contributed by atoms with Gasteiger partial charge in [-0.2, -0.15) is 5.10 Å². The van der Waals surface area contributed by atoms with Gasteiger partial charge in [-0.1, -0.05) is 52.3 Å². The Bertz CT molecular complexity index is 1800. The second-order valence-corrected chi connectivity index (χ2v) is 11.1. The van der Waals surface area contributed by atoms with Crippen molar-refractivity contribution in [2.24, 2.45) is 5.10 Å². The monoisotopic (exact) mass is 673 g/mol. The summed E-state index contributed by atoms with van der Waals surface area (Å²) in [6, 6.07) is 19.9. The predicted molar refractivity (Wildman–Crippen MR) is 173 cm³/mol. The van der Waals surface area contributed by atoms with Crippen molar-refractivity contribution in [1.82, 2.24) is 20.6 Å². The fourth-order valence-electron chi connectivity index (χ4n) is 5.05. The highest BCUT2D eigenvalue weighted by Gasteiger charge is 2.32. The molecule has 1 aliphatic rings. The molecule has 3 amide bonds. The molecule has 45 heavy (non-hydrogen) atoms. The largest absolute Gasteiger partial charge is 0.493 e. The molecular formula is C33H32BrN5O6. The number of hydrogen-bond donors (Lipinski definition) is 3. The molecule has 2 heterocycles. The third-order valence-corrected chi connectivity index (χ3v) is 7.65. The number of methoxy groups -OCH3 is 1. The first kappa shape index (κ1) is 31.3. The lowest BCUT2D eigenvalue weighted by molar-refractivity contribution is -0.139. The number of aromatic nitrogens is 1. The van der Waals surface area contributed by atoms with Crippen molar-refractivity contribution >= 4 is 51.0 Å². The van der Waals surface area contributed by atoms with Crippen molar-refractivity contribution in [3.8, 4) is 11.5 Å². The van der Waals surface area contributed by atoms with Crippen LogP contribution in [0.1, 0.15) is 36.6 Å². The highest BCUT2D eigenvalue weighted by molar-refractivity contribution is 9.10. The molecule has 0 radical (unpaired) electrons. The topological polar surface area (TPSA) is 132 Å². The van der Waals surface area contributed by atoms with Crippen molar-refractivity contribution < 1.29 is 28.6 Å². The summed E-state index contributed by atoms with van der Waals surface area (Å²) < 4.78 is 19.6. The molecule has 1 aromatic heterocycles. The van der Waals surface area contributed by atoms with E-state index < -0.39 is 23.9 Å². The number of rotatable bonds is 11. The number of fused-ring (bicyclic) bond motifs is 1. The smallest absolute Gasteiger partial charge is 0.338 e. The SMILES string of the molecule is CCOC(=O)C1=C(C)NC(=O)N[C@@H]1c1ccc(OCC(=O)N/N=C/c2cn(Cc3ccc(Br)cc3)c3ccccc23)c(OC)c1. The van der Waals surface area contributed by atoms with Gasteiger partial charge in [0.25, 0.3) is 5.91 Å². The minimum absolute atomic E-state index is 0.189. The fraction of sp³-hybridized carbons (Fsp3) is 0.212. The zero-order chi connectivity index (χ0) is 31.9. The summed E-state index contributed by atoms with van der Waals surface area (Å²) in [4.78, 5) is 37.4. The van der Waals surface area contributed by atoms with Crippen molar-refractivity contribution in [3.05, 3.63) is 105 Å². The zero-order valence-corrected chi connectivity index (χ0v) is 26.5. The van der Waals surface area contributed by atoms with Gasteiger partial charge in [-0.05, 0) is 55.3 Å². The Balaban J connectivity index is 1.24. The van der Waals surface area contributed by atoms with Gasteiger partial charge in [-0.15, -0.1) is 0 Å². The highest BCUT2D eigenvalue weighted by Crippen LogP contribution is 2.34. The lowest BCUT2D eigenvalue weighted by Crippen LogP contribution is -2.45. The van der Waals surface area contributed by atoms with Crippen molar-refractivity contribution in [3.63, 3.8) is 0 Å². The molecule has 5 rings (SSSR count). The number of amides is 3. The van der Waals surface area contributed by atoms with E-state index in [1.807, 2.05) is 42.6 Å². The summed E-state index contributed by atoms with van der Waals surface area (Å²) in [6.07, 6.45) is 3.61. The fourth-order valence-corrected chi connectivity index (χ4v) is 5.32. The molecule has 0 saturated heterocycles. The first-order chi connectivity index (χ1) is 21.8. The molecule has 0 fully saturated rings. The number of carbonyl (C=O) groups is 3. The van der Waals surface area contributed by atoms with E-state index in [1.165, 1.54) is 7.11 Å². The summed E-state index contributed by atoms with van der Waals surface area (Å²) in [5.41, 5.74) is 6.83. The second kappa shape index (κ2) is 14.1. The van der Waals surface area contributed by atoms with E-state index in [0.29, 0.717) is 29.3 Å². The first-order valence-electron chi connectivity index (χ1n) is 14.2. The number of halogens is 1. The average Bonchev–Trinajstić information content (AvgIpc) is 3.37. The maximum Gasteiger partial charge on any atom is 0.338 e. The molecule has 12 heteroatoms. The highest BCUT2D eigenvalue weighted by atomic mass is 79.9. The number of carbonyl (C=O) groups excluding carboxylic acids is 3. The summed E-state index contributed by atoms with van der Waals surface area (Å²) in [7, 11) is 1.46. The Labute approximate surface area is 268 Å². The summed E-state index contributed by atoms with van der Waals surface area (Å²) in [5, 5.41) is 10.5. The minimum Gasteiger partial charge on any atom is -0.493 e. The van der Waals surface area contributed by atoms with Crippen LogP contribution in [0.3, 0.4) is 0 Å². The lowest BCUT2D eigenvalue weighted by Gasteiger charge is -2.28. The van der Waals surface area contributed by atoms with Gasteiger partial charge in [-0.25, -0.2) is 15.0 Å². The molecule has 1 atom stereocenters. The number of ether oxygens (including phenoxy) is 3. The number of benzene rings is 3. The molecule has 4 aromatic rings. The average molecular weight is 675 g/mol. The van der Waals surface area contributed by atoms with Crippen molar-refractivity contribution in [2.45, 2.75) is 26.4 Å². The molecular weight excluding hydrogens is 642 g/mol. The quantitative estimate of drug-likeness (QED) is 0.114. The third-order valence-electron chi connectivity index (χ3n) is 7.12. The molecule has 3 N–H and O–H groups in total. The predicted octanol–water partition coefficient (Wildman–Crippen LogP) is 5.18. The van der Waals surface area contributed by atoms with E-state index >= 15 is 0 Å². The molecule has 0 unspecified atom stereocenters. The van der Waals surface area contributed by atoms with Gasteiger partial charge < -0.3 is 29.4 Å². The van der Waals surface area contributed by atoms with Gasteiger partial charge in [0.05, 0.1) is 31.5 Å². The lowest BCUT2D eigenvalue weighted by atomic mass is 9.95. The van der Waals surface area contributed by atoms with Crippen LogP contribution in [0, 0.1) is 0 Å². The number of urea groups is 1. The van der Waals surface area contributed by atoms with Gasteiger partial charge >= 0.3 is 12.0 Å². The van der Waals surface area contributed by atoms with Crippen LogP contribution in [-0.2, 0) is 20.9 Å². The standard InChI is InChI=1S/C33H32BrN5O6/c1-4-44-32(41)30-20(2)36-33(42)37-31(30)22-11-14-27(28(15-22)43-3)45-19-29(40)38-35-16-23-18-39(26-8-6-5-7-25(23)26)17-21-9-12-24(34)13-10-21/h5-16,18,31H,4,17,19H2,1-3H3,(H,38,40)(H2,36,37,42)/b35-16+/t31-/m1/s1. The number of para-hydroxylation sites is 1. The zero-order valence-electron chi connectivity index (χ0n) is 24.9. The van der Waals surface area contributed by atoms with Crippen LogP contribution in [0.2, 0.25) is 0 Å². The number of hydrogen-bond acceptors (Lipinski definition) is 7. The number of nitrogens with one attached hydrogen (secondary N) is 3. The Hall–Kier alpha value is -5.10. The van der Waals surface area contributed by atoms with Gasteiger partial charge in [-0.3, -0.25) is 4.79 Å². The Morgan fingerprint density at radius 1 is 1.09 bits per heavy atom. The number of nitrogens with zero attached hydrogens (tertiary/aromatic N) is 2. The van der Waals surface area contributed by atoms with Crippen LogP contribution in [-0.4, -0.2) is 49.0 Å². The molecule has 11 nitrogen and oxygen atoms in total. The van der Waals surface area contributed by atoms with Gasteiger partial charge in [0, 0.05) is 39.4 Å². The van der Waals surface area contributed by atoms with Crippen molar-refractivity contribution in [1.29, 1.82) is 0 Å². The van der Waals surface area contributed by atoms with Crippen LogP contribution in [0.5, 0.6) is 11.5 Å². The number of allylic oxidation sites excluding steroid dienone is 1. The van der Waals surface area contributed by atoms with Crippen LogP contribution in [0.4, 0.5) is 4.79 Å². The van der Waals surface area contributed by atoms with Crippen LogP contribution < -0.4 is 25.5 Å². The summed E-state index contributed by atoms with van der Waals surface area (Å²) in [5.74, 6) is -0.394. The van der Waals surface area contributed by atoms with Crippen LogP contribution in [0.25, 0.3) is 10.9 Å². The van der Waals surface area contributed by atoms with E-state index in [-0.39, 0.29) is 18.8 Å². The minimum atomic E-state index is -0.765. The maximum atomic E-state index is 12.6. The molecule has 1 aliphatic heterocycles. The normalized spacial score (nSPS) is 14.7. The van der Waals surface area contributed by atoms with Crippen molar-refractivity contribution in [2.75, 3.05) is 20.3 Å². The van der Waals surface area contributed by atoms with Crippen LogP contribution >= 0.6 is 15.9 Å². The molecule has 0 aliphatic carbocycles. The van der Waals surface area contributed by atoms with E-state index in [2.05, 4.69) is 53.8 Å². The Morgan fingerprint density at radius 2 is 1.87 bits per heavy atom. The van der Waals surface area contributed by atoms with Gasteiger partial charge in [0.1, 0.15) is 0 Å². The second-order valence-electron chi connectivity index (χ2n) is 10.1. The first-order valence-corrected chi connectivity index (χ1v) is 15.0. The molecule has 0 spiro atoms. The van der Waals surface area contributed by atoms with Gasteiger partial charge in [0.2, 0.25) is 0 Å². The van der Waals surface area contributed by atoms with E-state index in [1.54, 1.807) is 38.3 Å². The van der Waals surface area contributed by atoms with Gasteiger partial charge in [0.15, 0.2) is 18.1 Å². The Morgan fingerprint density at radius 3 is 2.62 bits per heavy atom. The van der Waals surface area contributed by atoms with E-state index in [9.17, 15) is 14.4 Å². The van der Waals surface area contributed by atoms with Crippen LogP contribution in [0.15, 0.2) is 93.8 Å². The van der Waals surface area contributed by atoms with E-state index in [4.69, 9.17) is 14.2 Å². The summed E-state index contributed by atoms with van der Waals surface area (Å²) >= 11 is 3.47.